The minimum atomic E-state index is -0.770. The predicted molar refractivity (Wildman–Crippen MR) is 84.6 cm³/mol. The molecule has 1 aromatic heterocycles. The van der Waals surface area contributed by atoms with Crippen LogP contribution in [-0.4, -0.2) is 52.4 Å². The molecule has 6 nitrogen and oxygen atoms in total. The zero-order valence-electron chi connectivity index (χ0n) is 13.3. The lowest BCUT2D eigenvalue weighted by Crippen LogP contribution is -2.55. The summed E-state index contributed by atoms with van der Waals surface area (Å²) >= 11 is 1.72. The van der Waals surface area contributed by atoms with Gasteiger partial charge < -0.3 is 5.32 Å². The van der Waals surface area contributed by atoms with E-state index >= 15 is 0 Å². The summed E-state index contributed by atoms with van der Waals surface area (Å²) < 4.78 is 0. The summed E-state index contributed by atoms with van der Waals surface area (Å²) in [6, 6.07) is -0.289. The van der Waals surface area contributed by atoms with Gasteiger partial charge in [0.1, 0.15) is 5.54 Å². The molecule has 120 valence electrons. The maximum Gasteiger partial charge on any atom is 0.324 e. The van der Waals surface area contributed by atoms with Crippen molar-refractivity contribution < 1.29 is 9.59 Å². The molecule has 2 saturated heterocycles. The van der Waals surface area contributed by atoms with Crippen molar-refractivity contribution in [2.75, 3.05) is 20.1 Å². The maximum absolute atomic E-state index is 12.4. The van der Waals surface area contributed by atoms with E-state index in [-0.39, 0.29) is 17.9 Å². The Morgan fingerprint density at radius 3 is 2.86 bits per heavy atom. The van der Waals surface area contributed by atoms with Gasteiger partial charge in [-0.3, -0.25) is 14.6 Å². The van der Waals surface area contributed by atoms with E-state index in [0.29, 0.717) is 0 Å². The smallest absolute Gasteiger partial charge is 0.323 e. The van der Waals surface area contributed by atoms with Gasteiger partial charge in [0, 0.05) is 37.1 Å². The number of aromatic nitrogens is 1. The number of hydrogen-bond acceptors (Lipinski definition) is 5. The van der Waals surface area contributed by atoms with Crippen LogP contribution in [0.3, 0.4) is 0 Å². The highest BCUT2D eigenvalue weighted by atomic mass is 32.1. The molecule has 0 aliphatic carbocycles. The molecule has 3 rings (SSSR count). The second-order valence-electron chi connectivity index (χ2n) is 6.42. The summed E-state index contributed by atoms with van der Waals surface area (Å²) in [5, 5.41) is 3.97. The number of likely N-dealkylation sites (N-methyl/N-ethyl adjacent to an activating group) is 1. The van der Waals surface area contributed by atoms with E-state index in [0.717, 1.165) is 37.5 Å². The molecule has 3 amide bonds. The maximum atomic E-state index is 12.4. The highest BCUT2D eigenvalue weighted by Gasteiger charge is 2.51. The standard InChI is InChI=1S/C15H22N4O2S/c1-10-16-7-12(22-10)9-19-6-4-5-11(8-19)15(2)13(20)18(3)14(21)17-15/h7,11H,4-6,8-9H2,1-3H3,(H,17,21)/t11-,15-/m1/s1. The van der Waals surface area contributed by atoms with Gasteiger partial charge in [0.15, 0.2) is 0 Å². The number of piperidine rings is 1. The second-order valence-corrected chi connectivity index (χ2v) is 7.74. The highest BCUT2D eigenvalue weighted by Crippen LogP contribution is 2.32. The van der Waals surface area contributed by atoms with Gasteiger partial charge in [-0.25, -0.2) is 9.78 Å². The molecule has 1 aromatic rings. The molecular formula is C15H22N4O2S. The third kappa shape index (κ3) is 2.63. The number of imide groups is 1. The Bertz CT molecular complexity index is 602. The largest absolute Gasteiger partial charge is 0.324 e. The number of urea groups is 1. The molecule has 2 aliphatic rings. The number of nitrogens with zero attached hydrogens (tertiary/aromatic N) is 3. The van der Waals surface area contributed by atoms with E-state index in [4.69, 9.17) is 0 Å². The first-order valence-corrected chi connectivity index (χ1v) is 8.46. The van der Waals surface area contributed by atoms with Crippen LogP contribution in [0.1, 0.15) is 29.7 Å². The molecule has 2 atom stereocenters. The molecule has 0 bridgehead atoms. The van der Waals surface area contributed by atoms with E-state index in [1.165, 1.54) is 9.78 Å². The van der Waals surface area contributed by atoms with Gasteiger partial charge in [0.2, 0.25) is 0 Å². The van der Waals surface area contributed by atoms with E-state index in [1.807, 2.05) is 20.0 Å². The molecule has 0 saturated carbocycles. The van der Waals surface area contributed by atoms with Crippen LogP contribution in [0.2, 0.25) is 0 Å². The van der Waals surface area contributed by atoms with Gasteiger partial charge in [-0.2, -0.15) is 0 Å². The first-order chi connectivity index (χ1) is 10.4. The number of aryl methyl sites for hydroxylation is 1. The van der Waals surface area contributed by atoms with Gasteiger partial charge in [-0.1, -0.05) is 0 Å². The number of amides is 3. The van der Waals surface area contributed by atoms with Crippen LogP contribution in [-0.2, 0) is 11.3 Å². The monoisotopic (exact) mass is 322 g/mol. The average Bonchev–Trinajstić information content (AvgIpc) is 2.98. The Hall–Kier alpha value is -1.47. The van der Waals surface area contributed by atoms with Crippen LogP contribution in [0.15, 0.2) is 6.20 Å². The van der Waals surface area contributed by atoms with Crippen molar-refractivity contribution in [3.8, 4) is 0 Å². The summed E-state index contributed by atoms with van der Waals surface area (Å²) in [6.45, 7) is 6.60. The number of rotatable bonds is 3. The molecule has 1 N–H and O–H groups in total. The van der Waals surface area contributed by atoms with E-state index in [2.05, 4.69) is 15.2 Å². The molecule has 0 aromatic carbocycles. The first-order valence-electron chi connectivity index (χ1n) is 7.64. The van der Waals surface area contributed by atoms with Crippen molar-refractivity contribution in [3.63, 3.8) is 0 Å². The number of likely N-dealkylation sites (tertiary alicyclic amines) is 1. The van der Waals surface area contributed by atoms with Gasteiger partial charge >= 0.3 is 6.03 Å². The van der Waals surface area contributed by atoms with Crippen molar-refractivity contribution in [1.82, 2.24) is 20.1 Å². The zero-order valence-corrected chi connectivity index (χ0v) is 14.1. The summed E-state index contributed by atoms with van der Waals surface area (Å²) in [4.78, 5) is 33.3. The van der Waals surface area contributed by atoms with Crippen molar-refractivity contribution in [1.29, 1.82) is 0 Å². The molecule has 22 heavy (non-hydrogen) atoms. The normalized spacial score (nSPS) is 30.0. The average molecular weight is 322 g/mol. The SMILES string of the molecule is Cc1ncc(CN2CCC[C@@H]([C@@]3(C)NC(=O)N(C)C3=O)C2)s1. The second kappa shape index (κ2) is 5.62. The van der Waals surface area contributed by atoms with Crippen molar-refractivity contribution in [3.05, 3.63) is 16.1 Å². The lowest BCUT2D eigenvalue weighted by molar-refractivity contribution is -0.132. The molecule has 2 fully saturated rings. The third-order valence-corrected chi connectivity index (χ3v) is 5.69. The van der Waals surface area contributed by atoms with Crippen molar-refractivity contribution in [2.24, 2.45) is 5.92 Å². The minimum absolute atomic E-state index is 0.113. The lowest BCUT2D eigenvalue weighted by atomic mass is 9.80. The third-order valence-electron chi connectivity index (χ3n) is 4.79. The number of hydrogen-bond donors (Lipinski definition) is 1. The van der Waals surface area contributed by atoms with Gasteiger partial charge in [0.25, 0.3) is 5.91 Å². The van der Waals surface area contributed by atoms with Gasteiger partial charge in [-0.15, -0.1) is 11.3 Å². The minimum Gasteiger partial charge on any atom is -0.323 e. The number of nitrogens with one attached hydrogen (secondary N) is 1. The van der Waals surface area contributed by atoms with Crippen LogP contribution >= 0.6 is 11.3 Å². The lowest BCUT2D eigenvalue weighted by Gasteiger charge is -2.39. The zero-order chi connectivity index (χ0) is 15.9. The number of carbonyl (C=O) groups excluding carboxylic acids is 2. The summed E-state index contributed by atoms with van der Waals surface area (Å²) in [5.41, 5.74) is -0.770. The van der Waals surface area contributed by atoms with E-state index in [9.17, 15) is 9.59 Å². The first kappa shape index (κ1) is 15.4. The fraction of sp³-hybridized carbons (Fsp3) is 0.667. The Morgan fingerprint density at radius 1 is 1.50 bits per heavy atom. The Labute approximate surface area is 134 Å². The quantitative estimate of drug-likeness (QED) is 0.859. The molecule has 3 heterocycles. The summed E-state index contributed by atoms with van der Waals surface area (Å²) in [7, 11) is 1.55. The molecule has 0 spiro atoms. The molecule has 7 heteroatoms. The molecule has 0 unspecified atom stereocenters. The fourth-order valence-corrected chi connectivity index (χ4v) is 4.28. The Kier molecular flexibility index (Phi) is 3.94. The van der Waals surface area contributed by atoms with Crippen LogP contribution < -0.4 is 5.32 Å². The Balaban J connectivity index is 1.70. The van der Waals surface area contributed by atoms with E-state index in [1.54, 1.807) is 18.4 Å². The van der Waals surface area contributed by atoms with Gasteiger partial charge in [-0.05, 0) is 33.2 Å². The predicted octanol–water partition coefficient (Wildman–Crippen LogP) is 1.60. The number of carbonyl (C=O) groups is 2. The van der Waals surface area contributed by atoms with E-state index < -0.39 is 5.54 Å². The summed E-state index contributed by atoms with van der Waals surface area (Å²) in [6.07, 6.45) is 3.95. The number of thiazole rings is 1. The van der Waals surface area contributed by atoms with Crippen LogP contribution in [0.4, 0.5) is 4.79 Å². The molecule has 0 radical (unpaired) electrons. The van der Waals surface area contributed by atoms with Crippen LogP contribution in [0.5, 0.6) is 0 Å². The highest BCUT2D eigenvalue weighted by molar-refractivity contribution is 7.11. The molecular weight excluding hydrogens is 300 g/mol. The topological polar surface area (TPSA) is 65.5 Å². The Morgan fingerprint density at radius 2 is 2.27 bits per heavy atom. The van der Waals surface area contributed by atoms with Crippen molar-refractivity contribution >= 4 is 23.3 Å². The van der Waals surface area contributed by atoms with Crippen molar-refractivity contribution in [2.45, 2.75) is 38.8 Å². The van der Waals surface area contributed by atoms with Gasteiger partial charge in [0.05, 0.1) is 5.01 Å². The fourth-order valence-electron chi connectivity index (χ4n) is 3.45. The van der Waals surface area contributed by atoms with Crippen LogP contribution in [0.25, 0.3) is 0 Å². The summed E-state index contributed by atoms with van der Waals surface area (Å²) in [5.74, 6) is 0.0367. The van der Waals surface area contributed by atoms with Crippen LogP contribution in [0, 0.1) is 12.8 Å². The molecule has 2 aliphatic heterocycles.